The molecule has 0 heterocycles. The van der Waals surface area contributed by atoms with E-state index in [-0.39, 0.29) is 34.7 Å². The molecule has 0 aliphatic rings. The summed E-state index contributed by atoms with van der Waals surface area (Å²) in [6.45, 7) is 0. The van der Waals surface area contributed by atoms with Crippen LogP contribution in [0.25, 0.3) is 0 Å². The van der Waals surface area contributed by atoms with Gasteiger partial charge in [-0.15, -0.1) is 0 Å². The molecular weight excluding hydrogens is 342 g/mol. The standard InChI is InChI=1S/C16H13ClF2N2O3/c17-9-4-6-14(22)11(8-9)16(24)21-20-15(23)7-5-10-12(18)2-1-3-13(10)19/h1-4,6,8,22H,5,7H2,(H,20,23)(H,21,24). The number of carbonyl (C=O) groups is 2. The van der Waals surface area contributed by atoms with E-state index >= 15 is 0 Å². The molecular formula is C16H13ClF2N2O3. The monoisotopic (exact) mass is 354 g/mol. The molecule has 0 spiro atoms. The molecule has 0 unspecified atom stereocenters. The lowest BCUT2D eigenvalue weighted by Crippen LogP contribution is -2.41. The maximum absolute atomic E-state index is 13.4. The molecule has 0 bridgehead atoms. The van der Waals surface area contributed by atoms with Crippen LogP contribution < -0.4 is 10.9 Å². The van der Waals surface area contributed by atoms with Crippen molar-refractivity contribution < 1.29 is 23.5 Å². The summed E-state index contributed by atoms with van der Waals surface area (Å²) in [6.07, 6.45) is -0.401. The summed E-state index contributed by atoms with van der Waals surface area (Å²) in [7, 11) is 0. The number of amides is 2. The number of hydrazine groups is 1. The van der Waals surface area contributed by atoms with Gasteiger partial charge in [0.1, 0.15) is 17.4 Å². The van der Waals surface area contributed by atoms with Gasteiger partial charge in [-0.05, 0) is 36.8 Å². The van der Waals surface area contributed by atoms with Crippen molar-refractivity contribution in [3.05, 3.63) is 64.2 Å². The van der Waals surface area contributed by atoms with Crippen molar-refractivity contribution in [2.24, 2.45) is 0 Å². The number of halogens is 3. The fraction of sp³-hybridized carbons (Fsp3) is 0.125. The van der Waals surface area contributed by atoms with Gasteiger partial charge in [-0.25, -0.2) is 8.78 Å². The molecule has 0 aliphatic carbocycles. The minimum absolute atomic E-state index is 0.122. The van der Waals surface area contributed by atoms with Gasteiger partial charge in [0.15, 0.2) is 0 Å². The fourth-order valence-corrected chi connectivity index (χ4v) is 2.13. The molecule has 2 aromatic rings. The molecule has 3 N–H and O–H groups in total. The Morgan fingerprint density at radius 3 is 2.42 bits per heavy atom. The predicted molar refractivity (Wildman–Crippen MR) is 83.4 cm³/mol. The van der Waals surface area contributed by atoms with E-state index in [4.69, 9.17) is 11.6 Å². The minimum atomic E-state index is -0.777. The highest BCUT2D eigenvalue weighted by Crippen LogP contribution is 2.21. The van der Waals surface area contributed by atoms with E-state index < -0.39 is 23.4 Å². The van der Waals surface area contributed by atoms with Gasteiger partial charge in [0.25, 0.3) is 5.91 Å². The number of benzene rings is 2. The number of nitrogens with one attached hydrogen (secondary N) is 2. The summed E-state index contributed by atoms with van der Waals surface area (Å²) in [5.41, 5.74) is 3.86. The van der Waals surface area contributed by atoms with Crippen LogP contribution in [0.5, 0.6) is 5.75 Å². The molecule has 2 amide bonds. The lowest BCUT2D eigenvalue weighted by molar-refractivity contribution is -0.121. The molecule has 0 radical (unpaired) electrons. The number of carbonyl (C=O) groups excluding carboxylic acids is 2. The normalized spacial score (nSPS) is 10.3. The quantitative estimate of drug-likeness (QED) is 0.739. The summed E-state index contributed by atoms with van der Waals surface area (Å²) in [5, 5.41) is 9.80. The first-order chi connectivity index (χ1) is 11.4. The van der Waals surface area contributed by atoms with Crippen LogP contribution in [0.2, 0.25) is 5.02 Å². The van der Waals surface area contributed by atoms with E-state index in [1.165, 1.54) is 24.3 Å². The van der Waals surface area contributed by atoms with E-state index in [9.17, 15) is 23.5 Å². The molecule has 0 saturated heterocycles. The Labute approximate surface area is 141 Å². The Kier molecular flexibility index (Phi) is 5.70. The SMILES string of the molecule is O=C(CCc1c(F)cccc1F)NNC(=O)c1cc(Cl)ccc1O. The minimum Gasteiger partial charge on any atom is -0.507 e. The third-order valence-corrected chi connectivity index (χ3v) is 3.42. The highest BCUT2D eigenvalue weighted by atomic mass is 35.5. The molecule has 2 rings (SSSR count). The second kappa shape index (κ2) is 7.74. The summed E-state index contributed by atoms with van der Waals surface area (Å²) in [4.78, 5) is 23.5. The Morgan fingerprint density at radius 2 is 1.75 bits per heavy atom. The third-order valence-electron chi connectivity index (χ3n) is 3.18. The van der Waals surface area contributed by atoms with Crippen LogP contribution >= 0.6 is 11.6 Å². The van der Waals surface area contributed by atoms with E-state index in [0.29, 0.717) is 0 Å². The van der Waals surface area contributed by atoms with Crippen LogP contribution in [0.1, 0.15) is 22.3 Å². The number of hydrogen-bond acceptors (Lipinski definition) is 3. The number of phenolic OH excluding ortho intramolecular Hbond substituents is 1. The number of rotatable bonds is 4. The van der Waals surface area contributed by atoms with Crippen molar-refractivity contribution in [3.8, 4) is 5.75 Å². The van der Waals surface area contributed by atoms with Crippen LogP contribution in [-0.2, 0) is 11.2 Å². The van der Waals surface area contributed by atoms with Gasteiger partial charge < -0.3 is 5.11 Å². The predicted octanol–water partition coefficient (Wildman–Crippen LogP) is 2.72. The third kappa shape index (κ3) is 4.42. The van der Waals surface area contributed by atoms with E-state index in [1.807, 2.05) is 0 Å². The average molecular weight is 355 g/mol. The summed E-state index contributed by atoms with van der Waals surface area (Å²) in [6, 6.07) is 7.29. The summed E-state index contributed by atoms with van der Waals surface area (Å²) >= 11 is 5.72. The molecule has 0 fully saturated rings. The molecule has 0 aromatic heterocycles. The Hall–Kier alpha value is -2.67. The van der Waals surface area contributed by atoms with Gasteiger partial charge in [0.05, 0.1) is 5.56 Å². The molecule has 0 saturated carbocycles. The van der Waals surface area contributed by atoms with Crippen LogP contribution in [0.15, 0.2) is 36.4 Å². The van der Waals surface area contributed by atoms with Gasteiger partial charge in [-0.2, -0.15) is 0 Å². The largest absolute Gasteiger partial charge is 0.507 e. The average Bonchev–Trinajstić information content (AvgIpc) is 2.54. The molecule has 24 heavy (non-hydrogen) atoms. The molecule has 126 valence electrons. The maximum atomic E-state index is 13.4. The molecule has 0 aliphatic heterocycles. The van der Waals surface area contributed by atoms with Crippen LogP contribution in [0, 0.1) is 11.6 Å². The highest BCUT2D eigenvalue weighted by Gasteiger charge is 2.14. The molecule has 0 atom stereocenters. The first-order valence-electron chi connectivity index (χ1n) is 6.89. The number of hydrogen-bond donors (Lipinski definition) is 3. The second-order valence-electron chi connectivity index (χ2n) is 4.86. The first kappa shape index (κ1) is 17.7. The van der Waals surface area contributed by atoms with Crippen molar-refractivity contribution in [2.75, 3.05) is 0 Å². The van der Waals surface area contributed by atoms with Crippen molar-refractivity contribution >= 4 is 23.4 Å². The number of phenols is 1. The highest BCUT2D eigenvalue weighted by molar-refractivity contribution is 6.31. The van der Waals surface area contributed by atoms with Crippen molar-refractivity contribution in [1.29, 1.82) is 0 Å². The Balaban J connectivity index is 1.89. The van der Waals surface area contributed by atoms with Gasteiger partial charge >= 0.3 is 0 Å². The molecule has 8 heteroatoms. The first-order valence-corrected chi connectivity index (χ1v) is 7.27. The number of aromatic hydroxyl groups is 1. The Bertz CT molecular complexity index is 764. The zero-order chi connectivity index (χ0) is 17.7. The van der Waals surface area contributed by atoms with Crippen molar-refractivity contribution in [3.63, 3.8) is 0 Å². The zero-order valence-electron chi connectivity index (χ0n) is 12.3. The Morgan fingerprint density at radius 1 is 1.08 bits per heavy atom. The van der Waals surface area contributed by atoms with Crippen molar-refractivity contribution in [2.45, 2.75) is 12.8 Å². The van der Waals surface area contributed by atoms with Crippen LogP contribution in [0.3, 0.4) is 0 Å². The topological polar surface area (TPSA) is 78.4 Å². The zero-order valence-corrected chi connectivity index (χ0v) is 13.0. The smallest absolute Gasteiger partial charge is 0.273 e. The van der Waals surface area contributed by atoms with Gasteiger partial charge in [-0.1, -0.05) is 17.7 Å². The molecule has 2 aromatic carbocycles. The maximum Gasteiger partial charge on any atom is 0.273 e. The van der Waals surface area contributed by atoms with Crippen LogP contribution in [-0.4, -0.2) is 16.9 Å². The molecule has 5 nitrogen and oxygen atoms in total. The summed E-state index contributed by atoms with van der Waals surface area (Å²) < 4.78 is 26.9. The van der Waals surface area contributed by atoms with Gasteiger partial charge in [0, 0.05) is 17.0 Å². The van der Waals surface area contributed by atoms with Gasteiger partial charge in [0.2, 0.25) is 5.91 Å². The lowest BCUT2D eigenvalue weighted by Gasteiger charge is -2.09. The van der Waals surface area contributed by atoms with E-state index in [0.717, 1.165) is 12.1 Å². The van der Waals surface area contributed by atoms with Crippen molar-refractivity contribution in [1.82, 2.24) is 10.9 Å². The second-order valence-corrected chi connectivity index (χ2v) is 5.30. The van der Waals surface area contributed by atoms with E-state index in [1.54, 1.807) is 0 Å². The summed E-state index contributed by atoms with van der Waals surface area (Å²) in [5.74, 6) is -3.21. The van der Waals surface area contributed by atoms with Crippen LogP contribution in [0.4, 0.5) is 8.78 Å². The van der Waals surface area contributed by atoms with Gasteiger partial charge in [-0.3, -0.25) is 20.4 Å². The van der Waals surface area contributed by atoms with E-state index in [2.05, 4.69) is 10.9 Å². The fourth-order valence-electron chi connectivity index (χ4n) is 1.96. The lowest BCUT2D eigenvalue weighted by atomic mass is 10.1.